The molecule has 0 aromatic carbocycles. The first-order valence-corrected chi connectivity index (χ1v) is 4.26. The Morgan fingerprint density at radius 2 is 2.23 bits per heavy atom. The first-order chi connectivity index (χ1) is 6.15. The van der Waals surface area contributed by atoms with Crippen LogP contribution in [-0.2, 0) is 18.4 Å². The van der Waals surface area contributed by atoms with Crippen LogP contribution in [0.3, 0.4) is 0 Å². The molecule has 0 bridgehead atoms. The van der Waals surface area contributed by atoms with Crippen molar-refractivity contribution in [3.05, 3.63) is 11.6 Å². The second kappa shape index (κ2) is 4.02. The van der Waals surface area contributed by atoms with Crippen molar-refractivity contribution in [3.8, 4) is 0 Å². The number of hydrogen-bond acceptors (Lipinski definition) is 3. The molecular weight excluding hydrogens is 168 g/mol. The number of amides is 1. The van der Waals surface area contributed by atoms with Crippen LogP contribution in [0, 0.1) is 6.92 Å². The van der Waals surface area contributed by atoms with E-state index in [2.05, 4.69) is 15.5 Å². The average Bonchev–Trinajstić information content (AvgIpc) is 2.44. The second-order valence-electron chi connectivity index (χ2n) is 2.85. The van der Waals surface area contributed by atoms with E-state index in [0.717, 1.165) is 11.6 Å². The van der Waals surface area contributed by atoms with Crippen molar-refractivity contribution in [2.24, 2.45) is 7.05 Å². The van der Waals surface area contributed by atoms with Crippen molar-refractivity contribution in [3.63, 3.8) is 0 Å². The molecule has 0 aliphatic carbocycles. The minimum absolute atomic E-state index is 0.0284. The Bertz CT molecular complexity index is 305. The van der Waals surface area contributed by atoms with Gasteiger partial charge in [-0.05, 0) is 6.92 Å². The molecule has 1 aromatic rings. The van der Waals surface area contributed by atoms with Crippen molar-refractivity contribution in [1.29, 1.82) is 0 Å². The molecule has 13 heavy (non-hydrogen) atoms. The average molecular weight is 182 g/mol. The van der Waals surface area contributed by atoms with Crippen LogP contribution in [0.4, 0.5) is 0 Å². The van der Waals surface area contributed by atoms with E-state index >= 15 is 0 Å². The lowest BCUT2D eigenvalue weighted by atomic mass is 10.4. The zero-order chi connectivity index (χ0) is 9.84. The lowest BCUT2D eigenvalue weighted by molar-refractivity contribution is -0.120. The minimum atomic E-state index is 0.0284. The molecule has 1 heterocycles. The van der Waals surface area contributed by atoms with Gasteiger partial charge in [0.25, 0.3) is 0 Å². The number of aromatic nitrogens is 3. The summed E-state index contributed by atoms with van der Waals surface area (Å²) in [6.45, 7) is 4.14. The molecule has 0 aliphatic heterocycles. The van der Waals surface area contributed by atoms with Gasteiger partial charge in [-0.2, -0.15) is 0 Å². The SMILES string of the molecule is CCC(=O)NCc1nnc(C)n1C. The molecular formula is C8H14N4O. The molecule has 0 aliphatic rings. The van der Waals surface area contributed by atoms with Crippen LogP contribution in [0.1, 0.15) is 25.0 Å². The molecule has 0 saturated carbocycles. The third-order valence-corrected chi connectivity index (χ3v) is 1.95. The summed E-state index contributed by atoms with van der Waals surface area (Å²) in [5.74, 6) is 1.65. The molecule has 1 amide bonds. The van der Waals surface area contributed by atoms with Gasteiger partial charge in [0.2, 0.25) is 5.91 Å². The molecule has 0 radical (unpaired) electrons. The number of aryl methyl sites for hydroxylation is 1. The van der Waals surface area contributed by atoms with E-state index in [1.807, 2.05) is 25.5 Å². The molecule has 0 spiro atoms. The zero-order valence-corrected chi connectivity index (χ0v) is 8.16. The van der Waals surface area contributed by atoms with Gasteiger partial charge in [0.1, 0.15) is 5.82 Å². The van der Waals surface area contributed by atoms with Gasteiger partial charge in [-0.3, -0.25) is 4.79 Å². The summed E-state index contributed by atoms with van der Waals surface area (Å²) >= 11 is 0. The molecule has 1 N–H and O–H groups in total. The fraction of sp³-hybridized carbons (Fsp3) is 0.625. The maximum absolute atomic E-state index is 10.9. The maximum atomic E-state index is 10.9. The fourth-order valence-corrected chi connectivity index (χ4v) is 0.908. The quantitative estimate of drug-likeness (QED) is 0.723. The molecule has 1 rings (SSSR count). The lowest BCUT2D eigenvalue weighted by Crippen LogP contribution is -2.23. The highest BCUT2D eigenvalue weighted by molar-refractivity contribution is 5.75. The predicted molar refractivity (Wildman–Crippen MR) is 47.9 cm³/mol. The first-order valence-electron chi connectivity index (χ1n) is 4.26. The van der Waals surface area contributed by atoms with Crippen LogP contribution in [0.15, 0.2) is 0 Å². The maximum Gasteiger partial charge on any atom is 0.220 e. The Kier molecular flexibility index (Phi) is 3.00. The van der Waals surface area contributed by atoms with Crippen LogP contribution in [0.5, 0.6) is 0 Å². The van der Waals surface area contributed by atoms with Gasteiger partial charge >= 0.3 is 0 Å². The van der Waals surface area contributed by atoms with Gasteiger partial charge in [-0.1, -0.05) is 6.92 Å². The van der Waals surface area contributed by atoms with Gasteiger partial charge in [0, 0.05) is 13.5 Å². The van der Waals surface area contributed by atoms with Crippen molar-refractivity contribution in [2.45, 2.75) is 26.8 Å². The second-order valence-corrected chi connectivity index (χ2v) is 2.85. The molecule has 5 heteroatoms. The Labute approximate surface area is 77.2 Å². The van der Waals surface area contributed by atoms with Crippen LogP contribution in [0.2, 0.25) is 0 Å². The largest absolute Gasteiger partial charge is 0.349 e. The number of hydrogen-bond donors (Lipinski definition) is 1. The molecule has 0 saturated heterocycles. The Balaban J connectivity index is 2.55. The van der Waals surface area contributed by atoms with E-state index in [4.69, 9.17) is 0 Å². The number of carbonyl (C=O) groups is 1. The van der Waals surface area contributed by atoms with E-state index in [1.54, 1.807) is 0 Å². The van der Waals surface area contributed by atoms with Gasteiger partial charge in [-0.15, -0.1) is 10.2 Å². The van der Waals surface area contributed by atoms with Gasteiger partial charge in [0.15, 0.2) is 5.82 Å². The normalized spacial score (nSPS) is 10.1. The van der Waals surface area contributed by atoms with E-state index < -0.39 is 0 Å². The van der Waals surface area contributed by atoms with Crippen LogP contribution in [-0.4, -0.2) is 20.7 Å². The van der Waals surface area contributed by atoms with Gasteiger partial charge in [0.05, 0.1) is 6.54 Å². The molecule has 72 valence electrons. The highest BCUT2D eigenvalue weighted by atomic mass is 16.1. The van der Waals surface area contributed by atoms with Crippen molar-refractivity contribution < 1.29 is 4.79 Å². The summed E-state index contributed by atoms with van der Waals surface area (Å²) in [5.41, 5.74) is 0. The van der Waals surface area contributed by atoms with E-state index in [1.165, 1.54) is 0 Å². The van der Waals surface area contributed by atoms with Gasteiger partial charge < -0.3 is 9.88 Å². The monoisotopic (exact) mass is 182 g/mol. The minimum Gasteiger partial charge on any atom is -0.349 e. The molecule has 5 nitrogen and oxygen atoms in total. The topological polar surface area (TPSA) is 59.8 Å². The first kappa shape index (κ1) is 9.70. The van der Waals surface area contributed by atoms with E-state index in [9.17, 15) is 4.79 Å². The summed E-state index contributed by atoms with van der Waals surface area (Å²) in [4.78, 5) is 10.9. The molecule has 0 atom stereocenters. The van der Waals surface area contributed by atoms with Gasteiger partial charge in [-0.25, -0.2) is 0 Å². The summed E-state index contributed by atoms with van der Waals surface area (Å²) in [7, 11) is 1.88. The zero-order valence-electron chi connectivity index (χ0n) is 8.16. The summed E-state index contributed by atoms with van der Waals surface area (Å²) < 4.78 is 1.86. The van der Waals surface area contributed by atoms with E-state index in [0.29, 0.717) is 13.0 Å². The van der Waals surface area contributed by atoms with Crippen LogP contribution >= 0.6 is 0 Å². The third kappa shape index (κ3) is 2.27. The lowest BCUT2D eigenvalue weighted by Gasteiger charge is -2.02. The Morgan fingerprint density at radius 1 is 1.54 bits per heavy atom. The summed E-state index contributed by atoms with van der Waals surface area (Å²) in [6.07, 6.45) is 0.497. The van der Waals surface area contributed by atoms with Crippen molar-refractivity contribution in [1.82, 2.24) is 20.1 Å². The Morgan fingerprint density at radius 3 is 2.69 bits per heavy atom. The fourth-order valence-electron chi connectivity index (χ4n) is 0.908. The third-order valence-electron chi connectivity index (χ3n) is 1.95. The highest BCUT2D eigenvalue weighted by Gasteiger charge is 2.05. The summed E-state index contributed by atoms with van der Waals surface area (Å²) in [5, 5.41) is 10.5. The van der Waals surface area contributed by atoms with Crippen molar-refractivity contribution >= 4 is 5.91 Å². The van der Waals surface area contributed by atoms with Crippen LogP contribution < -0.4 is 5.32 Å². The highest BCUT2D eigenvalue weighted by Crippen LogP contribution is 1.96. The number of nitrogens with one attached hydrogen (secondary N) is 1. The number of rotatable bonds is 3. The predicted octanol–water partition coefficient (Wildman–Crippen LogP) is 0.150. The Hall–Kier alpha value is -1.39. The number of carbonyl (C=O) groups excluding carboxylic acids is 1. The standard InChI is InChI=1S/C8H14N4O/c1-4-8(13)9-5-7-11-10-6(2)12(7)3/h4-5H2,1-3H3,(H,9,13). The van der Waals surface area contributed by atoms with E-state index in [-0.39, 0.29) is 5.91 Å². The number of nitrogens with zero attached hydrogens (tertiary/aromatic N) is 3. The molecule has 1 aromatic heterocycles. The van der Waals surface area contributed by atoms with Crippen LogP contribution in [0.25, 0.3) is 0 Å². The molecule has 0 fully saturated rings. The summed E-state index contributed by atoms with van der Waals surface area (Å²) in [6, 6.07) is 0. The van der Waals surface area contributed by atoms with Crippen molar-refractivity contribution in [2.75, 3.05) is 0 Å². The smallest absolute Gasteiger partial charge is 0.220 e. The molecule has 0 unspecified atom stereocenters.